The number of nitrogen functional groups attached to an aromatic ring is 1. The molecule has 1 aliphatic rings. The van der Waals surface area contributed by atoms with Gasteiger partial charge in [-0.25, -0.2) is 4.68 Å². The fourth-order valence-electron chi connectivity index (χ4n) is 3.47. The van der Waals surface area contributed by atoms with Crippen LogP contribution in [-0.2, 0) is 9.59 Å². The number of aryl methyl sites for hydroxylation is 1. The summed E-state index contributed by atoms with van der Waals surface area (Å²) in [6.45, 7) is 3.85. The van der Waals surface area contributed by atoms with Crippen molar-refractivity contribution < 1.29 is 9.59 Å². The van der Waals surface area contributed by atoms with E-state index in [4.69, 9.17) is 5.84 Å². The number of aromatic nitrogens is 3. The fourth-order valence-corrected chi connectivity index (χ4v) is 4.16. The Morgan fingerprint density at radius 2 is 1.93 bits per heavy atom. The van der Waals surface area contributed by atoms with Gasteiger partial charge in [-0.1, -0.05) is 43.2 Å². The zero-order valence-corrected chi connectivity index (χ0v) is 17.7. The topological polar surface area (TPSA) is 115 Å². The van der Waals surface area contributed by atoms with Crippen LogP contribution in [0.1, 0.15) is 55.0 Å². The van der Waals surface area contributed by atoms with Gasteiger partial charge >= 0.3 is 0 Å². The zero-order chi connectivity index (χ0) is 20.8. The van der Waals surface area contributed by atoms with E-state index in [1.807, 2.05) is 32.0 Å². The second-order valence-corrected chi connectivity index (χ2v) is 8.35. The van der Waals surface area contributed by atoms with Crippen molar-refractivity contribution >= 4 is 29.3 Å². The summed E-state index contributed by atoms with van der Waals surface area (Å²) in [5.74, 6) is 6.87. The number of nitrogens with two attached hydrogens (primary N) is 1. The molecule has 1 saturated carbocycles. The molecule has 9 heteroatoms. The first-order valence-corrected chi connectivity index (χ1v) is 10.9. The van der Waals surface area contributed by atoms with E-state index in [1.165, 1.54) is 35.7 Å². The Kier molecular flexibility index (Phi) is 7.13. The summed E-state index contributed by atoms with van der Waals surface area (Å²) in [4.78, 5) is 24.2. The molecule has 1 aliphatic carbocycles. The van der Waals surface area contributed by atoms with Crippen LogP contribution >= 0.6 is 11.8 Å². The van der Waals surface area contributed by atoms with Gasteiger partial charge in [0.15, 0.2) is 5.82 Å². The van der Waals surface area contributed by atoms with Crippen molar-refractivity contribution in [3.8, 4) is 0 Å². The lowest BCUT2D eigenvalue weighted by Gasteiger charge is -2.20. The highest BCUT2D eigenvalue weighted by atomic mass is 32.2. The average molecular weight is 417 g/mol. The van der Waals surface area contributed by atoms with Crippen LogP contribution in [0.2, 0.25) is 0 Å². The molecule has 1 fully saturated rings. The normalized spacial score (nSPS) is 14.6. The highest BCUT2D eigenvalue weighted by Gasteiger charge is 2.22. The lowest BCUT2D eigenvalue weighted by molar-refractivity contribution is -0.122. The molecule has 1 heterocycles. The van der Waals surface area contributed by atoms with Crippen LogP contribution in [0.15, 0.2) is 23.4 Å². The first-order valence-electron chi connectivity index (χ1n) is 9.91. The number of rotatable bonds is 7. The lowest BCUT2D eigenvalue weighted by atomic mass is 9.89. The van der Waals surface area contributed by atoms with Gasteiger partial charge in [0.2, 0.25) is 17.0 Å². The van der Waals surface area contributed by atoms with Gasteiger partial charge in [0, 0.05) is 11.6 Å². The summed E-state index contributed by atoms with van der Waals surface area (Å²) in [5, 5.41) is 14.3. The lowest BCUT2D eigenvalue weighted by Crippen LogP contribution is -2.34. The molecule has 1 aromatic carbocycles. The molecular weight excluding hydrogens is 388 g/mol. The van der Waals surface area contributed by atoms with Gasteiger partial charge in [0.05, 0.1) is 12.3 Å². The van der Waals surface area contributed by atoms with Crippen molar-refractivity contribution in [3.63, 3.8) is 0 Å². The zero-order valence-electron chi connectivity index (χ0n) is 16.9. The fraction of sp³-hybridized carbons (Fsp3) is 0.500. The number of benzene rings is 1. The highest BCUT2D eigenvalue weighted by Crippen LogP contribution is 2.32. The van der Waals surface area contributed by atoms with E-state index in [0.29, 0.717) is 11.1 Å². The van der Waals surface area contributed by atoms with Crippen molar-refractivity contribution in [2.45, 2.75) is 57.0 Å². The third-order valence-corrected chi connectivity index (χ3v) is 6.26. The minimum Gasteiger partial charge on any atom is -0.346 e. The molecule has 2 amide bonds. The molecular formula is C20H28N6O2S. The number of carbonyl (C=O) groups excluding carboxylic acids is 2. The van der Waals surface area contributed by atoms with Crippen molar-refractivity contribution in [1.29, 1.82) is 0 Å². The van der Waals surface area contributed by atoms with Crippen molar-refractivity contribution in [1.82, 2.24) is 20.2 Å². The maximum absolute atomic E-state index is 12.1. The first kappa shape index (κ1) is 21.2. The molecule has 0 aliphatic heterocycles. The third kappa shape index (κ3) is 5.50. The molecule has 0 bridgehead atoms. The Bertz CT molecular complexity index is 876. The summed E-state index contributed by atoms with van der Waals surface area (Å²) in [6.07, 6.45) is 5.79. The van der Waals surface area contributed by atoms with Crippen molar-refractivity contribution in [2.24, 2.45) is 0 Å². The Morgan fingerprint density at radius 1 is 1.17 bits per heavy atom. The molecule has 8 nitrogen and oxygen atoms in total. The molecule has 0 saturated heterocycles. The molecule has 0 radical (unpaired) electrons. The summed E-state index contributed by atoms with van der Waals surface area (Å²) in [5.41, 5.74) is 2.87. The number of carbonyl (C=O) groups is 2. The number of nitrogens with one attached hydrogen (secondary N) is 2. The van der Waals surface area contributed by atoms with Crippen LogP contribution in [0.5, 0.6) is 0 Å². The molecule has 3 rings (SSSR count). The van der Waals surface area contributed by atoms with Gasteiger partial charge in [0.25, 0.3) is 0 Å². The van der Waals surface area contributed by atoms with E-state index in [2.05, 4.69) is 20.8 Å². The standard InChI is InChI=1S/C20H28N6O2S/c1-13-7-6-10-16(14(13)2)23-17(27)11-22-18(28)12-29-20-25-24-19(26(20)21)15-8-4-3-5-9-15/h6-7,10,15H,3-5,8-9,11-12,21H2,1-2H3,(H,22,28)(H,23,27). The van der Waals surface area contributed by atoms with E-state index >= 15 is 0 Å². The number of anilines is 1. The van der Waals surface area contributed by atoms with Crippen LogP contribution in [0.25, 0.3) is 0 Å². The second-order valence-electron chi connectivity index (χ2n) is 7.41. The molecule has 156 valence electrons. The SMILES string of the molecule is Cc1cccc(NC(=O)CNC(=O)CSc2nnc(C3CCCCC3)n2N)c1C. The molecule has 0 spiro atoms. The van der Waals surface area contributed by atoms with E-state index in [0.717, 1.165) is 35.5 Å². The van der Waals surface area contributed by atoms with Gasteiger partial charge in [-0.05, 0) is 43.9 Å². The predicted molar refractivity (Wildman–Crippen MR) is 114 cm³/mol. The van der Waals surface area contributed by atoms with Crippen molar-refractivity contribution in [3.05, 3.63) is 35.2 Å². The van der Waals surface area contributed by atoms with Crippen LogP contribution < -0.4 is 16.5 Å². The van der Waals surface area contributed by atoms with Crippen LogP contribution in [0.4, 0.5) is 5.69 Å². The highest BCUT2D eigenvalue weighted by molar-refractivity contribution is 7.99. The third-order valence-electron chi connectivity index (χ3n) is 5.32. The van der Waals surface area contributed by atoms with Crippen LogP contribution in [-0.4, -0.2) is 39.0 Å². The molecule has 29 heavy (non-hydrogen) atoms. The molecule has 2 aromatic rings. The molecule has 0 atom stereocenters. The van der Waals surface area contributed by atoms with Crippen LogP contribution in [0.3, 0.4) is 0 Å². The van der Waals surface area contributed by atoms with E-state index in [9.17, 15) is 9.59 Å². The number of hydrogen-bond acceptors (Lipinski definition) is 6. The molecule has 1 aromatic heterocycles. The minimum atomic E-state index is -0.265. The maximum atomic E-state index is 12.1. The molecule has 0 unspecified atom stereocenters. The quantitative estimate of drug-likeness (QED) is 0.472. The largest absolute Gasteiger partial charge is 0.346 e. The predicted octanol–water partition coefficient (Wildman–Crippen LogP) is 2.50. The van der Waals surface area contributed by atoms with Gasteiger partial charge < -0.3 is 16.5 Å². The Hall–Kier alpha value is -2.55. The summed E-state index contributed by atoms with van der Waals surface area (Å²) in [6, 6.07) is 5.72. The van der Waals surface area contributed by atoms with Gasteiger partial charge in [-0.3, -0.25) is 9.59 Å². The molecule has 4 N–H and O–H groups in total. The second kappa shape index (κ2) is 9.78. The number of nitrogens with zero attached hydrogens (tertiary/aromatic N) is 3. The number of thioether (sulfide) groups is 1. The average Bonchev–Trinajstić information content (AvgIpc) is 3.09. The number of hydrogen-bond donors (Lipinski definition) is 3. The Morgan fingerprint density at radius 3 is 2.69 bits per heavy atom. The Labute approximate surface area is 175 Å². The Balaban J connectivity index is 1.45. The van der Waals surface area contributed by atoms with Gasteiger partial charge in [-0.15, -0.1) is 10.2 Å². The summed E-state index contributed by atoms with van der Waals surface area (Å²) in [7, 11) is 0. The van der Waals surface area contributed by atoms with E-state index < -0.39 is 0 Å². The van der Waals surface area contributed by atoms with Crippen molar-refractivity contribution in [2.75, 3.05) is 23.5 Å². The van der Waals surface area contributed by atoms with E-state index in [-0.39, 0.29) is 24.1 Å². The maximum Gasteiger partial charge on any atom is 0.243 e. The van der Waals surface area contributed by atoms with Gasteiger partial charge in [-0.2, -0.15) is 0 Å². The van der Waals surface area contributed by atoms with E-state index in [1.54, 1.807) is 0 Å². The summed E-state index contributed by atoms with van der Waals surface area (Å²) < 4.78 is 1.50. The van der Waals surface area contributed by atoms with Crippen LogP contribution in [0, 0.1) is 13.8 Å². The van der Waals surface area contributed by atoms with Gasteiger partial charge in [0.1, 0.15) is 0 Å². The first-order chi connectivity index (χ1) is 14.0. The minimum absolute atomic E-state index is 0.0879. The summed E-state index contributed by atoms with van der Waals surface area (Å²) >= 11 is 1.22. The number of amides is 2. The smallest absolute Gasteiger partial charge is 0.243 e. The monoisotopic (exact) mass is 416 g/mol.